The first-order valence-electron chi connectivity index (χ1n) is 10.4. The number of carbonyl (C=O) groups is 1. The monoisotopic (exact) mass is 404 g/mol. The van der Waals surface area contributed by atoms with Gasteiger partial charge in [-0.1, -0.05) is 18.2 Å². The predicted octanol–water partition coefficient (Wildman–Crippen LogP) is 3.81. The minimum Gasteiger partial charge on any atom is -0.397 e. The van der Waals surface area contributed by atoms with Crippen LogP contribution in [0, 0.1) is 6.92 Å². The van der Waals surface area contributed by atoms with Crippen molar-refractivity contribution in [2.75, 3.05) is 42.2 Å². The maximum absolute atomic E-state index is 11.9. The standard InChI is InChI=1S/C24H33BN4O/c1-17-8-7-9-20(22(17)26)27(6)21-14-18(10-11-19(21)23(2,3)16-30)29-13-12-28(25)15-24(29,4)5/h7-11,14,16H,12-13,15,26H2,1-6H3. The van der Waals surface area contributed by atoms with E-state index in [-0.39, 0.29) is 5.54 Å². The van der Waals surface area contributed by atoms with Crippen LogP contribution in [0.3, 0.4) is 0 Å². The first-order chi connectivity index (χ1) is 14.0. The summed E-state index contributed by atoms with van der Waals surface area (Å²) in [5.41, 5.74) is 11.5. The Morgan fingerprint density at radius 1 is 1.17 bits per heavy atom. The number of carbonyl (C=O) groups excluding carboxylic acids is 1. The number of para-hydroxylation sites is 1. The van der Waals surface area contributed by atoms with Crippen LogP contribution in [-0.4, -0.2) is 51.3 Å². The van der Waals surface area contributed by atoms with E-state index in [0.29, 0.717) is 0 Å². The third-order valence-electron chi connectivity index (χ3n) is 6.24. The Kier molecular flexibility index (Phi) is 5.92. The van der Waals surface area contributed by atoms with Crippen LogP contribution >= 0.6 is 0 Å². The van der Waals surface area contributed by atoms with Gasteiger partial charge in [-0.3, -0.25) is 0 Å². The van der Waals surface area contributed by atoms with Gasteiger partial charge in [0.1, 0.15) is 6.29 Å². The van der Waals surface area contributed by atoms with Gasteiger partial charge in [-0.15, -0.1) is 0 Å². The molecular weight excluding hydrogens is 371 g/mol. The van der Waals surface area contributed by atoms with Crippen LogP contribution in [0.25, 0.3) is 0 Å². The lowest BCUT2D eigenvalue weighted by atomic mass is 9.84. The average Bonchev–Trinajstić information content (AvgIpc) is 2.68. The average molecular weight is 404 g/mol. The highest BCUT2D eigenvalue weighted by Crippen LogP contribution is 2.40. The molecule has 1 aliphatic heterocycles. The molecule has 0 unspecified atom stereocenters. The summed E-state index contributed by atoms with van der Waals surface area (Å²) in [6.45, 7) is 12.7. The predicted molar refractivity (Wildman–Crippen MR) is 128 cm³/mol. The van der Waals surface area contributed by atoms with E-state index < -0.39 is 5.41 Å². The summed E-state index contributed by atoms with van der Waals surface area (Å²) in [6.07, 6.45) is 1.01. The van der Waals surface area contributed by atoms with Gasteiger partial charge in [-0.2, -0.15) is 0 Å². The van der Waals surface area contributed by atoms with Gasteiger partial charge in [0.25, 0.3) is 0 Å². The van der Waals surface area contributed by atoms with E-state index >= 15 is 0 Å². The van der Waals surface area contributed by atoms with E-state index in [2.05, 4.69) is 41.8 Å². The maximum Gasteiger partial charge on any atom is 0.182 e. The topological polar surface area (TPSA) is 52.8 Å². The van der Waals surface area contributed by atoms with Gasteiger partial charge in [0.15, 0.2) is 7.98 Å². The minimum absolute atomic E-state index is 0.104. The number of hydrogen-bond acceptors (Lipinski definition) is 5. The lowest BCUT2D eigenvalue weighted by molar-refractivity contribution is -0.111. The molecule has 6 heteroatoms. The Morgan fingerprint density at radius 3 is 2.50 bits per heavy atom. The highest BCUT2D eigenvalue weighted by atomic mass is 16.1. The fraction of sp³-hybridized carbons (Fsp3) is 0.458. The number of aldehydes is 1. The molecule has 2 aromatic carbocycles. The van der Waals surface area contributed by atoms with Gasteiger partial charge in [0.05, 0.1) is 11.4 Å². The summed E-state index contributed by atoms with van der Waals surface area (Å²) in [6, 6.07) is 12.4. The van der Waals surface area contributed by atoms with Crippen LogP contribution in [0.2, 0.25) is 0 Å². The smallest absolute Gasteiger partial charge is 0.182 e. The highest BCUT2D eigenvalue weighted by Gasteiger charge is 2.33. The number of rotatable bonds is 5. The van der Waals surface area contributed by atoms with Crippen molar-refractivity contribution in [3.8, 4) is 0 Å². The van der Waals surface area contributed by atoms with Crippen molar-refractivity contribution in [1.82, 2.24) is 4.81 Å². The van der Waals surface area contributed by atoms with E-state index in [0.717, 1.165) is 59.8 Å². The first-order valence-corrected chi connectivity index (χ1v) is 10.4. The molecule has 0 spiro atoms. The van der Waals surface area contributed by atoms with Crippen molar-refractivity contribution in [2.24, 2.45) is 0 Å². The molecule has 2 N–H and O–H groups in total. The summed E-state index contributed by atoms with van der Waals surface area (Å²) >= 11 is 0. The SMILES string of the molecule is [B]N1CCN(c2ccc(C(C)(C)C=O)c(N(C)c3cccc(C)c3N)c2)C(C)(C)C1. The summed E-state index contributed by atoms with van der Waals surface area (Å²) in [4.78, 5) is 18.3. The van der Waals surface area contributed by atoms with Crippen molar-refractivity contribution in [2.45, 2.75) is 45.6 Å². The molecular formula is C24H33BN4O. The van der Waals surface area contributed by atoms with Gasteiger partial charge in [0.2, 0.25) is 0 Å². The van der Waals surface area contributed by atoms with Crippen molar-refractivity contribution in [1.29, 1.82) is 0 Å². The van der Waals surface area contributed by atoms with Gasteiger partial charge in [0, 0.05) is 49.0 Å². The van der Waals surface area contributed by atoms with E-state index in [1.54, 1.807) is 0 Å². The third-order valence-corrected chi connectivity index (χ3v) is 6.24. The number of nitrogens with two attached hydrogens (primary N) is 1. The Labute approximate surface area is 182 Å². The molecule has 1 aliphatic rings. The van der Waals surface area contributed by atoms with E-state index in [4.69, 9.17) is 13.7 Å². The lowest BCUT2D eigenvalue weighted by Crippen LogP contribution is -2.58. The third kappa shape index (κ3) is 4.06. The first kappa shape index (κ1) is 22.2. The highest BCUT2D eigenvalue weighted by molar-refractivity contribution is 6.04. The van der Waals surface area contributed by atoms with Crippen LogP contribution in [0.5, 0.6) is 0 Å². The minimum atomic E-state index is -0.619. The van der Waals surface area contributed by atoms with E-state index in [1.165, 1.54) is 0 Å². The fourth-order valence-electron chi connectivity index (χ4n) is 4.33. The normalized spacial score (nSPS) is 17.1. The zero-order valence-electron chi connectivity index (χ0n) is 19.1. The van der Waals surface area contributed by atoms with Gasteiger partial charge in [-0.25, -0.2) is 0 Å². The molecule has 0 atom stereocenters. The number of aryl methyl sites for hydroxylation is 1. The van der Waals surface area contributed by atoms with Crippen LogP contribution in [-0.2, 0) is 10.2 Å². The molecule has 5 nitrogen and oxygen atoms in total. The largest absolute Gasteiger partial charge is 0.397 e. The second-order valence-electron chi connectivity index (χ2n) is 9.54. The Hall–Kier alpha value is -2.47. The van der Waals surface area contributed by atoms with Gasteiger partial charge >= 0.3 is 0 Å². The second-order valence-corrected chi connectivity index (χ2v) is 9.54. The van der Waals surface area contributed by atoms with Crippen LogP contribution in [0.4, 0.5) is 22.7 Å². The summed E-state index contributed by atoms with van der Waals surface area (Å²) in [7, 11) is 8.09. The van der Waals surface area contributed by atoms with E-state index in [9.17, 15) is 4.79 Å². The fourth-order valence-corrected chi connectivity index (χ4v) is 4.33. The number of benzene rings is 2. The lowest BCUT2D eigenvalue weighted by Gasteiger charge is -2.48. The van der Waals surface area contributed by atoms with Crippen molar-refractivity contribution < 1.29 is 4.79 Å². The number of anilines is 4. The zero-order chi connectivity index (χ0) is 22.3. The molecule has 0 aliphatic carbocycles. The summed E-state index contributed by atoms with van der Waals surface area (Å²) < 4.78 is 0. The quantitative estimate of drug-likeness (QED) is 0.467. The Bertz CT molecular complexity index is 941. The van der Waals surface area contributed by atoms with Gasteiger partial charge in [-0.05, 0) is 63.9 Å². The molecule has 1 fully saturated rings. The summed E-state index contributed by atoms with van der Waals surface area (Å²) in [5, 5.41) is 0. The Morgan fingerprint density at radius 2 is 1.87 bits per heavy atom. The van der Waals surface area contributed by atoms with Crippen molar-refractivity contribution >= 4 is 37.0 Å². The maximum atomic E-state index is 11.9. The number of nitrogen functional groups attached to an aromatic ring is 1. The van der Waals surface area contributed by atoms with Crippen LogP contribution in [0.15, 0.2) is 36.4 Å². The molecule has 1 heterocycles. The molecule has 158 valence electrons. The van der Waals surface area contributed by atoms with Crippen molar-refractivity contribution in [3.63, 3.8) is 0 Å². The van der Waals surface area contributed by atoms with Crippen LogP contribution < -0.4 is 15.5 Å². The zero-order valence-corrected chi connectivity index (χ0v) is 19.1. The Balaban J connectivity index is 2.14. The van der Waals surface area contributed by atoms with Crippen molar-refractivity contribution in [3.05, 3.63) is 47.5 Å². The molecule has 1 saturated heterocycles. The number of hydrogen-bond donors (Lipinski definition) is 1. The molecule has 0 amide bonds. The van der Waals surface area contributed by atoms with E-state index in [1.807, 2.05) is 50.8 Å². The van der Waals surface area contributed by atoms with Crippen LogP contribution in [0.1, 0.15) is 38.8 Å². The molecule has 3 rings (SSSR count). The van der Waals surface area contributed by atoms with Gasteiger partial charge < -0.3 is 25.1 Å². The molecule has 0 aromatic heterocycles. The molecule has 2 aromatic rings. The molecule has 0 saturated carbocycles. The molecule has 30 heavy (non-hydrogen) atoms. The second kappa shape index (κ2) is 7.99. The number of nitrogens with zero attached hydrogens (tertiary/aromatic N) is 3. The molecule has 0 bridgehead atoms. The molecule has 2 radical (unpaired) electrons. The number of piperazine rings is 1. The summed E-state index contributed by atoms with van der Waals surface area (Å²) in [5.74, 6) is 0.